The summed E-state index contributed by atoms with van der Waals surface area (Å²) >= 11 is 0. The third-order valence-electron chi connectivity index (χ3n) is 3.19. The van der Waals surface area contributed by atoms with Crippen molar-refractivity contribution in [3.8, 4) is 5.75 Å². The summed E-state index contributed by atoms with van der Waals surface area (Å²) in [5.74, 6) is 0.409. The van der Waals surface area contributed by atoms with Crippen LogP contribution in [0.25, 0.3) is 0 Å². The predicted molar refractivity (Wildman–Crippen MR) is 54.2 cm³/mol. The van der Waals surface area contributed by atoms with Crippen molar-refractivity contribution in [2.45, 2.75) is 39.0 Å². The summed E-state index contributed by atoms with van der Waals surface area (Å²) in [7, 11) is 0. The van der Waals surface area contributed by atoms with Gasteiger partial charge in [0.1, 0.15) is 5.75 Å². The third kappa shape index (κ3) is 1.23. The number of phenolic OH excluding ortho intramolecular Hbond substituents is 1. The van der Waals surface area contributed by atoms with Gasteiger partial charge >= 0.3 is 0 Å². The number of aromatic hydroxyl groups is 1. The standard InChI is InChI=1S/C12H16O/c1-8-6-9(13)7-11-10(8)4-5-12(11,2)3/h6-7,13H,4-5H2,1-3H3. The lowest BCUT2D eigenvalue weighted by atomic mass is 9.86. The fourth-order valence-electron chi connectivity index (χ4n) is 2.31. The molecule has 13 heavy (non-hydrogen) atoms. The quantitative estimate of drug-likeness (QED) is 0.644. The van der Waals surface area contributed by atoms with Crippen molar-refractivity contribution in [1.82, 2.24) is 0 Å². The van der Waals surface area contributed by atoms with E-state index in [1.54, 1.807) is 0 Å². The zero-order valence-electron chi connectivity index (χ0n) is 8.52. The van der Waals surface area contributed by atoms with Gasteiger partial charge < -0.3 is 5.11 Å². The molecule has 0 unspecified atom stereocenters. The maximum absolute atomic E-state index is 9.51. The molecule has 1 heteroatoms. The lowest BCUT2D eigenvalue weighted by molar-refractivity contribution is 0.469. The van der Waals surface area contributed by atoms with Crippen LogP contribution in [0, 0.1) is 6.92 Å². The Balaban J connectivity index is 2.65. The number of phenols is 1. The van der Waals surface area contributed by atoms with Crippen LogP contribution in [0.1, 0.15) is 37.0 Å². The van der Waals surface area contributed by atoms with Crippen LogP contribution >= 0.6 is 0 Å². The molecule has 0 bridgehead atoms. The van der Waals surface area contributed by atoms with E-state index in [9.17, 15) is 5.11 Å². The van der Waals surface area contributed by atoms with E-state index in [-0.39, 0.29) is 5.41 Å². The van der Waals surface area contributed by atoms with Crippen molar-refractivity contribution >= 4 is 0 Å². The highest BCUT2D eigenvalue weighted by atomic mass is 16.3. The van der Waals surface area contributed by atoms with Crippen LogP contribution in [0.5, 0.6) is 5.75 Å². The average Bonchev–Trinajstić information content (AvgIpc) is 2.28. The van der Waals surface area contributed by atoms with Crippen LogP contribution < -0.4 is 0 Å². The van der Waals surface area contributed by atoms with Crippen molar-refractivity contribution in [3.63, 3.8) is 0 Å². The second-order valence-corrected chi connectivity index (χ2v) is 4.67. The first-order chi connectivity index (χ1) is 6.00. The molecule has 0 aliphatic heterocycles. The van der Waals surface area contributed by atoms with E-state index in [1.165, 1.54) is 23.1 Å². The minimum atomic E-state index is 0.249. The fraction of sp³-hybridized carbons (Fsp3) is 0.500. The topological polar surface area (TPSA) is 20.2 Å². The van der Waals surface area contributed by atoms with Crippen LogP contribution in [0.2, 0.25) is 0 Å². The predicted octanol–water partition coefficient (Wildman–Crippen LogP) is 2.92. The number of hydrogen-bond donors (Lipinski definition) is 1. The molecule has 70 valence electrons. The average molecular weight is 176 g/mol. The van der Waals surface area contributed by atoms with Gasteiger partial charge in [0.15, 0.2) is 0 Å². The molecule has 0 aromatic heterocycles. The fourth-order valence-corrected chi connectivity index (χ4v) is 2.31. The smallest absolute Gasteiger partial charge is 0.116 e. The van der Waals surface area contributed by atoms with E-state index in [0.29, 0.717) is 5.75 Å². The van der Waals surface area contributed by atoms with Gasteiger partial charge in [-0.3, -0.25) is 0 Å². The number of rotatable bonds is 0. The van der Waals surface area contributed by atoms with Crippen LogP contribution in [0.3, 0.4) is 0 Å². The van der Waals surface area contributed by atoms with Crippen molar-refractivity contribution in [1.29, 1.82) is 0 Å². The van der Waals surface area contributed by atoms with Gasteiger partial charge in [0.25, 0.3) is 0 Å². The summed E-state index contributed by atoms with van der Waals surface area (Å²) in [4.78, 5) is 0. The van der Waals surface area contributed by atoms with E-state index >= 15 is 0 Å². The molecule has 0 amide bonds. The second-order valence-electron chi connectivity index (χ2n) is 4.67. The molecule has 1 nitrogen and oxygen atoms in total. The van der Waals surface area contributed by atoms with Gasteiger partial charge in [-0.15, -0.1) is 0 Å². The molecule has 1 aliphatic carbocycles. The van der Waals surface area contributed by atoms with Gasteiger partial charge in [0, 0.05) is 0 Å². The zero-order valence-corrected chi connectivity index (χ0v) is 8.52. The van der Waals surface area contributed by atoms with E-state index < -0.39 is 0 Å². The summed E-state index contributed by atoms with van der Waals surface area (Å²) in [5.41, 5.74) is 4.27. The summed E-state index contributed by atoms with van der Waals surface area (Å²) < 4.78 is 0. The number of benzene rings is 1. The van der Waals surface area contributed by atoms with E-state index in [4.69, 9.17) is 0 Å². The number of hydrogen-bond acceptors (Lipinski definition) is 1. The van der Waals surface area contributed by atoms with Gasteiger partial charge in [-0.05, 0) is 54.0 Å². The first-order valence-corrected chi connectivity index (χ1v) is 4.84. The van der Waals surface area contributed by atoms with Crippen molar-refractivity contribution in [2.24, 2.45) is 0 Å². The highest BCUT2D eigenvalue weighted by Gasteiger charge is 2.30. The van der Waals surface area contributed by atoms with Crippen molar-refractivity contribution in [2.75, 3.05) is 0 Å². The van der Waals surface area contributed by atoms with Gasteiger partial charge in [0.05, 0.1) is 0 Å². The molecule has 0 spiro atoms. The molecule has 0 fully saturated rings. The molecule has 0 saturated carbocycles. The largest absolute Gasteiger partial charge is 0.508 e. The summed E-state index contributed by atoms with van der Waals surface area (Å²) in [6.07, 6.45) is 2.36. The van der Waals surface area contributed by atoms with Gasteiger partial charge in [-0.1, -0.05) is 13.8 Å². The van der Waals surface area contributed by atoms with E-state index in [0.717, 1.165) is 6.42 Å². The highest BCUT2D eigenvalue weighted by molar-refractivity contribution is 5.47. The Labute approximate surface area is 79.4 Å². The van der Waals surface area contributed by atoms with Gasteiger partial charge in [-0.2, -0.15) is 0 Å². The third-order valence-corrected chi connectivity index (χ3v) is 3.19. The lowest BCUT2D eigenvalue weighted by Gasteiger charge is -2.19. The second kappa shape index (κ2) is 2.50. The van der Waals surface area contributed by atoms with Crippen LogP contribution in [0.4, 0.5) is 0 Å². The Bertz CT molecular complexity index is 350. The minimum Gasteiger partial charge on any atom is -0.508 e. The molecule has 0 radical (unpaired) electrons. The highest BCUT2D eigenvalue weighted by Crippen LogP contribution is 2.41. The Morgan fingerprint density at radius 1 is 1.31 bits per heavy atom. The molecule has 1 aromatic carbocycles. The van der Waals surface area contributed by atoms with Crippen molar-refractivity contribution in [3.05, 3.63) is 28.8 Å². The molecule has 1 N–H and O–H groups in total. The number of fused-ring (bicyclic) bond motifs is 1. The molecular formula is C12H16O. The maximum Gasteiger partial charge on any atom is 0.116 e. The molecule has 1 aliphatic rings. The molecule has 0 atom stereocenters. The Hall–Kier alpha value is -0.980. The van der Waals surface area contributed by atoms with Crippen LogP contribution in [-0.4, -0.2) is 5.11 Å². The minimum absolute atomic E-state index is 0.249. The molecular weight excluding hydrogens is 160 g/mol. The Morgan fingerprint density at radius 2 is 2.00 bits per heavy atom. The van der Waals surface area contributed by atoms with Gasteiger partial charge in [-0.25, -0.2) is 0 Å². The first kappa shape index (κ1) is 8.61. The normalized spacial score (nSPS) is 18.7. The Kier molecular flexibility index (Phi) is 1.66. The summed E-state index contributed by atoms with van der Waals surface area (Å²) in [6.45, 7) is 6.58. The van der Waals surface area contributed by atoms with E-state index in [2.05, 4.69) is 20.8 Å². The van der Waals surface area contributed by atoms with Crippen molar-refractivity contribution < 1.29 is 5.11 Å². The zero-order chi connectivity index (χ0) is 9.64. The molecule has 2 rings (SSSR count). The SMILES string of the molecule is Cc1cc(O)cc2c1CCC2(C)C. The maximum atomic E-state index is 9.51. The van der Waals surface area contributed by atoms with Gasteiger partial charge in [0.2, 0.25) is 0 Å². The monoisotopic (exact) mass is 176 g/mol. The first-order valence-electron chi connectivity index (χ1n) is 4.84. The van der Waals surface area contributed by atoms with Crippen LogP contribution in [-0.2, 0) is 11.8 Å². The molecule has 0 saturated heterocycles. The van der Waals surface area contributed by atoms with Crippen LogP contribution in [0.15, 0.2) is 12.1 Å². The summed E-state index contributed by atoms with van der Waals surface area (Å²) in [5, 5.41) is 9.51. The van der Waals surface area contributed by atoms with E-state index in [1.807, 2.05) is 12.1 Å². The molecule has 0 heterocycles. The Morgan fingerprint density at radius 3 is 2.69 bits per heavy atom. The molecule has 1 aromatic rings. The lowest BCUT2D eigenvalue weighted by Crippen LogP contribution is -2.11. The number of aryl methyl sites for hydroxylation is 1. The summed E-state index contributed by atoms with van der Waals surface area (Å²) in [6, 6.07) is 3.79.